The van der Waals surface area contributed by atoms with Crippen molar-refractivity contribution in [3.8, 4) is 6.07 Å². The van der Waals surface area contributed by atoms with E-state index in [1.807, 2.05) is 36.4 Å². The van der Waals surface area contributed by atoms with Crippen molar-refractivity contribution < 1.29 is 9.59 Å². The summed E-state index contributed by atoms with van der Waals surface area (Å²) in [5, 5.41) is 8.77. The minimum atomic E-state index is -0.617. The molecule has 1 aromatic carbocycles. The summed E-state index contributed by atoms with van der Waals surface area (Å²) in [7, 11) is 0. The zero-order valence-electron chi connectivity index (χ0n) is 10.2. The predicted octanol–water partition coefficient (Wildman–Crippen LogP) is 1.52. The molecule has 0 radical (unpaired) electrons. The number of amides is 1. The number of benzene rings is 1. The van der Waals surface area contributed by atoms with E-state index in [0.717, 1.165) is 5.56 Å². The maximum atomic E-state index is 11.9. The van der Waals surface area contributed by atoms with Crippen LogP contribution < -0.4 is 0 Å². The Morgan fingerprint density at radius 2 is 2.06 bits per heavy atom. The molecule has 1 saturated heterocycles. The minimum absolute atomic E-state index is 0.149. The molecule has 1 aromatic rings. The maximum absolute atomic E-state index is 11.9. The molecule has 1 heterocycles. The monoisotopic (exact) mass is 242 g/mol. The Morgan fingerprint density at radius 3 is 2.61 bits per heavy atom. The largest absolute Gasteiger partial charge is 0.332 e. The zero-order chi connectivity index (χ0) is 13.1. The lowest BCUT2D eigenvalue weighted by atomic mass is 9.82. The number of carbonyl (C=O) groups is 2. The van der Waals surface area contributed by atoms with E-state index in [0.29, 0.717) is 6.54 Å². The normalized spacial score (nSPS) is 22.2. The molecule has 4 heteroatoms. The number of ketones is 1. The van der Waals surface area contributed by atoms with Crippen molar-refractivity contribution in [3.05, 3.63) is 35.9 Å². The average molecular weight is 242 g/mol. The van der Waals surface area contributed by atoms with Gasteiger partial charge in [-0.15, -0.1) is 0 Å². The van der Waals surface area contributed by atoms with Crippen LogP contribution in [-0.2, 0) is 16.1 Å². The molecule has 2 atom stereocenters. The fourth-order valence-electron chi connectivity index (χ4n) is 2.35. The van der Waals surface area contributed by atoms with Gasteiger partial charge in [-0.2, -0.15) is 5.26 Å². The number of likely N-dealkylation sites (tertiary alicyclic amines) is 1. The molecule has 1 fully saturated rings. The Bertz CT molecular complexity index is 504. The summed E-state index contributed by atoms with van der Waals surface area (Å²) in [5.41, 5.74) is 1.01. The molecule has 1 amide bonds. The molecular formula is C14H14N2O2. The van der Waals surface area contributed by atoms with E-state index in [2.05, 4.69) is 0 Å². The van der Waals surface area contributed by atoms with Gasteiger partial charge in [0.2, 0.25) is 5.91 Å². The van der Waals surface area contributed by atoms with E-state index in [9.17, 15) is 9.59 Å². The summed E-state index contributed by atoms with van der Waals surface area (Å²) in [6, 6.07) is 11.4. The zero-order valence-corrected chi connectivity index (χ0v) is 10.2. The summed E-state index contributed by atoms with van der Waals surface area (Å²) in [4.78, 5) is 24.9. The lowest BCUT2D eigenvalue weighted by Gasteiger charge is -2.45. The second-order valence-electron chi connectivity index (χ2n) is 4.47. The molecule has 0 spiro atoms. The third-order valence-electron chi connectivity index (χ3n) is 3.27. The number of hydrogen-bond acceptors (Lipinski definition) is 3. The molecule has 92 valence electrons. The quantitative estimate of drug-likeness (QED) is 0.594. The number of β-lactam (4-membered cyclic amide) rings is 1. The molecule has 0 bridgehead atoms. The van der Waals surface area contributed by atoms with Gasteiger partial charge in [0.25, 0.3) is 0 Å². The van der Waals surface area contributed by atoms with Crippen LogP contribution >= 0.6 is 0 Å². The third kappa shape index (κ3) is 2.12. The Hall–Kier alpha value is -2.15. The highest BCUT2D eigenvalue weighted by atomic mass is 16.2. The topological polar surface area (TPSA) is 61.2 Å². The van der Waals surface area contributed by atoms with Crippen LogP contribution in [0.5, 0.6) is 0 Å². The van der Waals surface area contributed by atoms with Crippen LogP contribution in [0.2, 0.25) is 0 Å². The molecule has 0 saturated carbocycles. The molecule has 0 aliphatic carbocycles. The fourth-order valence-corrected chi connectivity index (χ4v) is 2.35. The number of nitriles is 1. The van der Waals surface area contributed by atoms with Gasteiger partial charge in [0.05, 0.1) is 18.5 Å². The SMILES string of the molecule is CC(=O)C1C(=O)N(Cc2ccccc2)C1CC#N. The summed E-state index contributed by atoms with van der Waals surface area (Å²) in [6.07, 6.45) is 0.211. The highest BCUT2D eigenvalue weighted by Gasteiger charge is 2.49. The van der Waals surface area contributed by atoms with Crippen LogP contribution in [0.1, 0.15) is 18.9 Å². The van der Waals surface area contributed by atoms with Gasteiger partial charge in [0.15, 0.2) is 0 Å². The maximum Gasteiger partial charge on any atom is 0.235 e. The van der Waals surface area contributed by atoms with Crippen molar-refractivity contribution in [2.45, 2.75) is 25.9 Å². The van der Waals surface area contributed by atoms with Crippen LogP contribution in [0.15, 0.2) is 30.3 Å². The molecule has 4 nitrogen and oxygen atoms in total. The van der Waals surface area contributed by atoms with Crippen LogP contribution in [0, 0.1) is 17.2 Å². The molecule has 1 aliphatic rings. The predicted molar refractivity (Wildman–Crippen MR) is 65.2 cm³/mol. The molecular weight excluding hydrogens is 228 g/mol. The van der Waals surface area contributed by atoms with E-state index < -0.39 is 5.92 Å². The van der Waals surface area contributed by atoms with E-state index in [4.69, 9.17) is 5.26 Å². The van der Waals surface area contributed by atoms with Gasteiger partial charge >= 0.3 is 0 Å². The van der Waals surface area contributed by atoms with Gasteiger partial charge in [-0.05, 0) is 12.5 Å². The van der Waals surface area contributed by atoms with Gasteiger partial charge in [-0.3, -0.25) is 9.59 Å². The van der Waals surface area contributed by atoms with Gasteiger partial charge in [-0.1, -0.05) is 30.3 Å². The molecule has 2 rings (SSSR count). The summed E-state index contributed by atoms with van der Waals surface area (Å²) >= 11 is 0. The second-order valence-corrected chi connectivity index (χ2v) is 4.47. The number of hydrogen-bond donors (Lipinski definition) is 0. The Morgan fingerprint density at radius 1 is 1.39 bits per heavy atom. The number of rotatable bonds is 4. The van der Waals surface area contributed by atoms with Crippen molar-refractivity contribution in [2.24, 2.45) is 5.92 Å². The molecule has 1 aliphatic heterocycles. The minimum Gasteiger partial charge on any atom is -0.332 e. The van der Waals surface area contributed by atoms with Crippen LogP contribution in [-0.4, -0.2) is 22.6 Å². The highest BCUT2D eigenvalue weighted by Crippen LogP contribution is 2.31. The van der Waals surface area contributed by atoms with Crippen LogP contribution in [0.4, 0.5) is 0 Å². The number of nitrogens with zero attached hydrogens (tertiary/aromatic N) is 2. The summed E-state index contributed by atoms with van der Waals surface area (Å²) < 4.78 is 0. The highest BCUT2D eigenvalue weighted by molar-refractivity contribution is 6.05. The number of Topliss-reactive ketones (excluding diaryl/α,β-unsaturated/α-hetero) is 1. The Kier molecular flexibility index (Phi) is 3.42. The van der Waals surface area contributed by atoms with Gasteiger partial charge in [0, 0.05) is 6.54 Å². The standard InChI is InChI=1S/C14H14N2O2/c1-10(17)13-12(7-8-15)16(14(13)18)9-11-5-3-2-4-6-11/h2-6,12-13H,7,9H2,1H3. The summed E-state index contributed by atoms with van der Waals surface area (Å²) in [6.45, 7) is 1.88. The first-order chi connectivity index (χ1) is 8.65. The third-order valence-corrected chi connectivity index (χ3v) is 3.27. The second kappa shape index (κ2) is 5.01. The Labute approximate surface area is 106 Å². The lowest BCUT2D eigenvalue weighted by Crippen LogP contribution is -2.62. The number of carbonyl (C=O) groups excluding carboxylic acids is 2. The van der Waals surface area contributed by atoms with E-state index >= 15 is 0 Å². The lowest BCUT2D eigenvalue weighted by molar-refractivity contribution is -0.161. The van der Waals surface area contributed by atoms with Crippen LogP contribution in [0.3, 0.4) is 0 Å². The molecule has 0 N–H and O–H groups in total. The van der Waals surface area contributed by atoms with E-state index in [1.54, 1.807) is 4.90 Å². The molecule has 18 heavy (non-hydrogen) atoms. The van der Waals surface area contributed by atoms with Crippen molar-refractivity contribution in [3.63, 3.8) is 0 Å². The van der Waals surface area contributed by atoms with Gasteiger partial charge in [-0.25, -0.2) is 0 Å². The van der Waals surface area contributed by atoms with Crippen molar-refractivity contribution in [2.75, 3.05) is 0 Å². The van der Waals surface area contributed by atoms with Crippen LogP contribution in [0.25, 0.3) is 0 Å². The molecule has 2 unspecified atom stereocenters. The molecule has 0 aromatic heterocycles. The Balaban J connectivity index is 2.11. The van der Waals surface area contributed by atoms with Crippen molar-refractivity contribution >= 4 is 11.7 Å². The first-order valence-electron chi connectivity index (χ1n) is 5.87. The fraction of sp³-hybridized carbons (Fsp3) is 0.357. The average Bonchev–Trinajstić information content (AvgIpc) is 2.36. The first kappa shape index (κ1) is 12.3. The first-order valence-corrected chi connectivity index (χ1v) is 5.87. The smallest absolute Gasteiger partial charge is 0.235 e. The van der Waals surface area contributed by atoms with E-state index in [-0.39, 0.29) is 24.2 Å². The van der Waals surface area contributed by atoms with Gasteiger partial charge in [0.1, 0.15) is 11.7 Å². The van der Waals surface area contributed by atoms with Crippen molar-refractivity contribution in [1.82, 2.24) is 4.90 Å². The van der Waals surface area contributed by atoms with Gasteiger partial charge < -0.3 is 4.90 Å². The van der Waals surface area contributed by atoms with Crippen molar-refractivity contribution in [1.29, 1.82) is 5.26 Å². The summed E-state index contributed by atoms with van der Waals surface area (Å²) in [5.74, 6) is -0.926. The van der Waals surface area contributed by atoms with E-state index in [1.165, 1.54) is 6.92 Å².